The van der Waals surface area contributed by atoms with Crippen molar-refractivity contribution in [3.63, 3.8) is 0 Å². The van der Waals surface area contributed by atoms with Crippen LogP contribution in [-0.2, 0) is 36.8 Å². The van der Waals surface area contributed by atoms with E-state index < -0.39 is 63.1 Å². The minimum absolute atomic E-state index is 0.0138. The third-order valence-electron chi connectivity index (χ3n) is 9.12. The molecule has 37 heavy (non-hydrogen) atoms. The summed E-state index contributed by atoms with van der Waals surface area (Å²) in [5.41, 5.74) is -4.60. The van der Waals surface area contributed by atoms with Gasteiger partial charge in [0.15, 0.2) is 28.7 Å². The Morgan fingerprint density at radius 3 is 2.24 bits per heavy atom. The third-order valence-corrected chi connectivity index (χ3v) is 9.12. The Kier molecular flexibility index (Phi) is 6.22. The van der Waals surface area contributed by atoms with E-state index in [0.29, 0.717) is 5.56 Å². The van der Waals surface area contributed by atoms with Gasteiger partial charge in [0.1, 0.15) is 23.2 Å². The quantitative estimate of drug-likeness (QED) is 0.576. The van der Waals surface area contributed by atoms with Crippen molar-refractivity contribution in [3.05, 3.63) is 28.8 Å². The van der Waals surface area contributed by atoms with Gasteiger partial charge in [0.25, 0.3) is 0 Å². The van der Waals surface area contributed by atoms with Crippen molar-refractivity contribution in [2.75, 3.05) is 0 Å². The molecular formula is C29H34O8. The van der Waals surface area contributed by atoms with Crippen molar-refractivity contribution in [1.29, 1.82) is 0 Å². The van der Waals surface area contributed by atoms with E-state index in [1.807, 2.05) is 0 Å². The number of benzene rings is 1. The lowest BCUT2D eigenvalue weighted by atomic mass is 9.40. The summed E-state index contributed by atoms with van der Waals surface area (Å²) >= 11 is 0. The van der Waals surface area contributed by atoms with E-state index in [1.54, 1.807) is 46.8 Å². The maximum atomic E-state index is 14.2. The van der Waals surface area contributed by atoms with Gasteiger partial charge in [-0.05, 0) is 36.7 Å². The number of phenolic OH excluding ortho intramolecular Hbond substituents is 1. The molecule has 4 rings (SSSR count). The number of Topliss-reactive ketones (excluding diaryl/α,β-unsaturated/α-hetero) is 6. The summed E-state index contributed by atoms with van der Waals surface area (Å²) in [7, 11) is 0. The first-order chi connectivity index (χ1) is 17.1. The molecular weight excluding hydrogens is 476 g/mol. The van der Waals surface area contributed by atoms with E-state index in [0.717, 1.165) is 6.92 Å². The normalized spacial score (nSPS) is 35.2. The summed E-state index contributed by atoms with van der Waals surface area (Å²) in [6, 6.07) is 3.27. The van der Waals surface area contributed by atoms with Crippen molar-refractivity contribution in [2.24, 2.45) is 34.5 Å². The fourth-order valence-corrected chi connectivity index (χ4v) is 7.65. The molecule has 8 nitrogen and oxygen atoms in total. The molecule has 6 atom stereocenters. The number of aromatic hydroxyl groups is 1. The standard InChI is InChI=1S/C29H34O8/c1-7-17(31)10-15-8-9-16-11-27(5)12-28(6)20(13(2)3)23(33)18(14(4)30)25(35)29(28,37)26(36)21(27)24(34)19(16)22(15)32/h8-9,13,18,20-21,32,37H,7,10-12H2,1-6H3/t18?,20?,21?,27-,28-,29+/m1/s1. The maximum absolute atomic E-state index is 14.2. The highest BCUT2D eigenvalue weighted by atomic mass is 16.3. The molecule has 0 bridgehead atoms. The average molecular weight is 511 g/mol. The average Bonchev–Trinajstić information content (AvgIpc) is 2.77. The van der Waals surface area contributed by atoms with Crippen LogP contribution in [0.3, 0.4) is 0 Å². The van der Waals surface area contributed by atoms with E-state index in [2.05, 4.69) is 0 Å². The zero-order valence-corrected chi connectivity index (χ0v) is 22.1. The van der Waals surface area contributed by atoms with Crippen LogP contribution < -0.4 is 0 Å². The molecule has 2 saturated carbocycles. The molecule has 1 aromatic rings. The molecule has 3 aliphatic carbocycles. The van der Waals surface area contributed by atoms with Gasteiger partial charge in [-0.1, -0.05) is 46.8 Å². The summed E-state index contributed by atoms with van der Waals surface area (Å²) in [6.07, 6.45) is 0.386. The van der Waals surface area contributed by atoms with Crippen molar-refractivity contribution in [2.45, 2.75) is 72.8 Å². The van der Waals surface area contributed by atoms with E-state index >= 15 is 0 Å². The first-order valence-electron chi connectivity index (χ1n) is 12.8. The van der Waals surface area contributed by atoms with Gasteiger partial charge in [0.05, 0.1) is 11.5 Å². The fourth-order valence-electron chi connectivity index (χ4n) is 7.65. The van der Waals surface area contributed by atoms with Crippen molar-refractivity contribution < 1.29 is 39.0 Å². The minimum Gasteiger partial charge on any atom is -0.507 e. The zero-order valence-electron chi connectivity index (χ0n) is 22.1. The van der Waals surface area contributed by atoms with Gasteiger partial charge in [-0.15, -0.1) is 0 Å². The summed E-state index contributed by atoms with van der Waals surface area (Å²) in [5.74, 6) is -9.34. The second-order valence-electron chi connectivity index (χ2n) is 12.0. The lowest BCUT2D eigenvalue weighted by Crippen LogP contribution is -2.76. The number of rotatable bonds is 5. The van der Waals surface area contributed by atoms with Gasteiger partial charge in [-0.2, -0.15) is 0 Å². The van der Waals surface area contributed by atoms with Crippen LogP contribution in [0.4, 0.5) is 0 Å². The van der Waals surface area contributed by atoms with Gasteiger partial charge < -0.3 is 10.2 Å². The molecule has 0 aromatic heterocycles. The second-order valence-corrected chi connectivity index (χ2v) is 12.0. The Morgan fingerprint density at radius 1 is 1.08 bits per heavy atom. The molecule has 3 unspecified atom stereocenters. The van der Waals surface area contributed by atoms with Crippen LogP contribution in [0.1, 0.15) is 75.9 Å². The summed E-state index contributed by atoms with van der Waals surface area (Å²) in [4.78, 5) is 79.5. The number of hydrogen-bond acceptors (Lipinski definition) is 8. The van der Waals surface area contributed by atoms with Gasteiger partial charge in [0, 0.05) is 29.7 Å². The van der Waals surface area contributed by atoms with Gasteiger partial charge >= 0.3 is 0 Å². The molecule has 8 heteroatoms. The smallest absolute Gasteiger partial charge is 0.190 e. The Balaban J connectivity index is 1.92. The summed E-state index contributed by atoms with van der Waals surface area (Å²) in [5, 5.41) is 22.9. The molecule has 0 amide bonds. The predicted molar refractivity (Wildman–Crippen MR) is 132 cm³/mol. The SMILES string of the molecule is CCC(=O)Cc1ccc2c(c1O)C(=O)C1C(=O)[C@@]3(O)C(=O)C(C(C)=O)C(=O)C(C(C)C)[C@@]3(C)C[C@@]1(C)C2. The third kappa shape index (κ3) is 3.44. The Labute approximate surface area is 215 Å². The number of hydrogen-bond donors (Lipinski definition) is 2. The number of carbonyl (C=O) groups excluding carboxylic acids is 6. The number of carbonyl (C=O) groups is 6. The Morgan fingerprint density at radius 2 is 1.70 bits per heavy atom. The van der Waals surface area contributed by atoms with Gasteiger partial charge in [-0.3, -0.25) is 28.8 Å². The molecule has 0 heterocycles. The monoisotopic (exact) mass is 510 g/mol. The predicted octanol–water partition coefficient (Wildman–Crippen LogP) is 2.61. The van der Waals surface area contributed by atoms with Crippen molar-refractivity contribution >= 4 is 34.7 Å². The highest BCUT2D eigenvalue weighted by Gasteiger charge is 2.76. The van der Waals surface area contributed by atoms with E-state index in [-0.39, 0.29) is 54.3 Å². The lowest BCUT2D eigenvalue weighted by molar-refractivity contribution is -0.205. The van der Waals surface area contributed by atoms with Gasteiger partial charge in [-0.25, -0.2) is 0 Å². The molecule has 0 saturated heterocycles. The van der Waals surface area contributed by atoms with Crippen LogP contribution in [0, 0.1) is 34.5 Å². The van der Waals surface area contributed by atoms with Gasteiger partial charge in [0.2, 0.25) is 0 Å². The molecule has 3 aliphatic rings. The Hall–Kier alpha value is -3.00. The van der Waals surface area contributed by atoms with Crippen LogP contribution in [0.25, 0.3) is 0 Å². The highest BCUT2D eigenvalue weighted by Crippen LogP contribution is 2.63. The fraction of sp³-hybridized carbons (Fsp3) is 0.586. The van der Waals surface area contributed by atoms with Crippen molar-refractivity contribution in [3.8, 4) is 5.75 Å². The van der Waals surface area contributed by atoms with E-state index in [1.165, 1.54) is 0 Å². The first kappa shape index (κ1) is 27.0. The number of phenols is 1. The molecule has 2 fully saturated rings. The largest absolute Gasteiger partial charge is 0.507 e. The maximum Gasteiger partial charge on any atom is 0.190 e. The van der Waals surface area contributed by atoms with E-state index in [4.69, 9.17) is 0 Å². The van der Waals surface area contributed by atoms with Crippen LogP contribution in [0.2, 0.25) is 0 Å². The second kappa shape index (κ2) is 8.51. The van der Waals surface area contributed by atoms with Crippen LogP contribution in [-0.4, -0.2) is 50.5 Å². The molecule has 0 radical (unpaired) electrons. The topological polar surface area (TPSA) is 143 Å². The summed E-state index contributed by atoms with van der Waals surface area (Å²) < 4.78 is 0. The molecule has 0 aliphatic heterocycles. The minimum atomic E-state index is -2.71. The summed E-state index contributed by atoms with van der Waals surface area (Å²) in [6.45, 7) is 9.55. The molecule has 0 spiro atoms. The molecule has 1 aromatic carbocycles. The van der Waals surface area contributed by atoms with Crippen LogP contribution in [0.15, 0.2) is 12.1 Å². The number of aliphatic hydroxyl groups is 1. The van der Waals surface area contributed by atoms with Crippen molar-refractivity contribution in [1.82, 2.24) is 0 Å². The van der Waals surface area contributed by atoms with Crippen LogP contribution in [0.5, 0.6) is 5.75 Å². The molecule has 198 valence electrons. The zero-order chi connectivity index (χ0) is 27.8. The van der Waals surface area contributed by atoms with E-state index in [9.17, 15) is 39.0 Å². The number of fused-ring (bicyclic) bond motifs is 3. The van der Waals surface area contributed by atoms with Crippen LogP contribution >= 0.6 is 0 Å². The number of ketones is 6. The highest BCUT2D eigenvalue weighted by molar-refractivity contribution is 6.32. The first-order valence-corrected chi connectivity index (χ1v) is 12.8. The Bertz CT molecular complexity index is 1270. The molecule has 2 N–H and O–H groups in total. The lowest BCUT2D eigenvalue weighted by Gasteiger charge is -2.61.